The Morgan fingerprint density at radius 3 is 3.15 bits per heavy atom. The molecule has 0 fully saturated rings. The summed E-state index contributed by atoms with van der Waals surface area (Å²) < 4.78 is 0. The Labute approximate surface area is 76.9 Å². The maximum absolute atomic E-state index is 11.4. The van der Waals surface area contributed by atoms with E-state index < -0.39 is 0 Å². The van der Waals surface area contributed by atoms with Crippen molar-refractivity contribution in [1.82, 2.24) is 0 Å². The largest absolute Gasteiger partial charge is 0.384 e. The first-order valence-corrected chi connectivity index (χ1v) is 4.42. The van der Waals surface area contributed by atoms with Gasteiger partial charge in [0.25, 0.3) is 0 Å². The third kappa shape index (κ3) is 1.31. The standard InChI is InChI=1S/C10H12N2O/c11-6-9(13)8-3-1-2-7-4-5-12-10(7)8/h1-3,12H,4-6,11H2. The fourth-order valence-corrected chi connectivity index (χ4v) is 1.68. The molecule has 0 aromatic heterocycles. The van der Waals surface area contributed by atoms with Gasteiger partial charge in [-0.3, -0.25) is 4.79 Å². The van der Waals surface area contributed by atoms with Crippen molar-refractivity contribution in [2.24, 2.45) is 5.73 Å². The maximum Gasteiger partial charge on any atom is 0.178 e. The van der Waals surface area contributed by atoms with Crippen molar-refractivity contribution in [1.29, 1.82) is 0 Å². The van der Waals surface area contributed by atoms with E-state index in [1.165, 1.54) is 5.56 Å². The minimum Gasteiger partial charge on any atom is -0.384 e. The second kappa shape index (κ2) is 3.18. The molecule has 1 aliphatic rings. The number of nitrogens with two attached hydrogens (primary N) is 1. The second-order valence-corrected chi connectivity index (χ2v) is 3.14. The van der Waals surface area contributed by atoms with E-state index in [0.717, 1.165) is 24.2 Å². The lowest BCUT2D eigenvalue weighted by Gasteiger charge is -2.05. The van der Waals surface area contributed by atoms with Crippen LogP contribution in [-0.2, 0) is 6.42 Å². The van der Waals surface area contributed by atoms with E-state index >= 15 is 0 Å². The van der Waals surface area contributed by atoms with E-state index in [2.05, 4.69) is 5.32 Å². The number of anilines is 1. The predicted molar refractivity (Wildman–Crippen MR) is 52.0 cm³/mol. The molecule has 13 heavy (non-hydrogen) atoms. The molecule has 0 aliphatic carbocycles. The molecule has 2 rings (SSSR count). The highest BCUT2D eigenvalue weighted by atomic mass is 16.1. The molecule has 68 valence electrons. The van der Waals surface area contributed by atoms with Crippen LogP contribution in [0, 0.1) is 0 Å². The topological polar surface area (TPSA) is 55.1 Å². The van der Waals surface area contributed by atoms with Crippen molar-refractivity contribution < 1.29 is 4.79 Å². The quantitative estimate of drug-likeness (QED) is 0.655. The van der Waals surface area contributed by atoms with Crippen molar-refractivity contribution in [2.75, 3.05) is 18.4 Å². The Morgan fingerprint density at radius 1 is 1.54 bits per heavy atom. The SMILES string of the molecule is NCC(=O)c1cccc2c1NCC2. The molecule has 0 spiro atoms. The van der Waals surface area contributed by atoms with Crippen molar-refractivity contribution in [2.45, 2.75) is 6.42 Å². The molecule has 3 heteroatoms. The van der Waals surface area contributed by atoms with E-state index in [4.69, 9.17) is 5.73 Å². The average Bonchev–Trinajstić information content (AvgIpc) is 2.63. The fraction of sp³-hybridized carbons (Fsp3) is 0.300. The van der Waals surface area contributed by atoms with Gasteiger partial charge < -0.3 is 11.1 Å². The summed E-state index contributed by atoms with van der Waals surface area (Å²) in [5.74, 6) is 0.00579. The molecule has 0 bridgehead atoms. The van der Waals surface area contributed by atoms with Crippen LogP contribution in [0.5, 0.6) is 0 Å². The van der Waals surface area contributed by atoms with Gasteiger partial charge in [-0.25, -0.2) is 0 Å². The summed E-state index contributed by atoms with van der Waals surface area (Å²) in [5, 5.41) is 3.21. The van der Waals surface area contributed by atoms with Gasteiger partial charge in [0.15, 0.2) is 5.78 Å². The molecule has 0 saturated heterocycles. The number of nitrogens with one attached hydrogen (secondary N) is 1. The van der Waals surface area contributed by atoms with Crippen molar-refractivity contribution >= 4 is 11.5 Å². The van der Waals surface area contributed by atoms with Crippen molar-refractivity contribution in [3.8, 4) is 0 Å². The molecule has 1 heterocycles. The van der Waals surface area contributed by atoms with Gasteiger partial charge in [-0.05, 0) is 18.1 Å². The van der Waals surface area contributed by atoms with Crippen molar-refractivity contribution in [3.63, 3.8) is 0 Å². The molecular weight excluding hydrogens is 164 g/mol. The first-order chi connectivity index (χ1) is 6.33. The summed E-state index contributed by atoms with van der Waals surface area (Å²) in [4.78, 5) is 11.4. The van der Waals surface area contributed by atoms with Crippen LogP contribution in [0.15, 0.2) is 18.2 Å². The molecule has 1 aliphatic heterocycles. The van der Waals surface area contributed by atoms with E-state index in [1.807, 2.05) is 18.2 Å². The van der Waals surface area contributed by atoms with Gasteiger partial charge in [0.2, 0.25) is 0 Å². The maximum atomic E-state index is 11.4. The van der Waals surface area contributed by atoms with Crippen LogP contribution < -0.4 is 11.1 Å². The molecule has 0 atom stereocenters. The van der Waals surface area contributed by atoms with E-state index in [0.29, 0.717) is 0 Å². The number of ketones is 1. The number of carbonyl (C=O) groups is 1. The van der Waals surface area contributed by atoms with Crippen LogP contribution in [0.25, 0.3) is 0 Å². The summed E-state index contributed by atoms with van der Waals surface area (Å²) in [6.45, 7) is 1.00. The molecule has 1 aromatic carbocycles. The zero-order valence-corrected chi connectivity index (χ0v) is 7.34. The smallest absolute Gasteiger partial charge is 0.178 e. The minimum atomic E-state index is 0.00579. The number of hydrogen-bond acceptors (Lipinski definition) is 3. The van der Waals surface area contributed by atoms with Crippen LogP contribution in [0.4, 0.5) is 5.69 Å². The third-order valence-corrected chi connectivity index (χ3v) is 2.33. The molecule has 0 radical (unpaired) electrons. The van der Waals surface area contributed by atoms with Gasteiger partial charge in [0.05, 0.1) is 6.54 Å². The van der Waals surface area contributed by atoms with E-state index in [-0.39, 0.29) is 12.3 Å². The lowest BCUT2D eigenvalue weighted by Crippen LogP contribution is -2.15. The normalized spacial score (nSPS) is 13.6. The molecule has 3 N–H and O–H groups in total. The Balaban J connectivity index is 2.47. The molecule has 1 aromatic rings. The molecule has 0 amide bonds. The predicted octanol–water partition coefficient (Wildman–Crippen LogP) is 0.796. The summed E-state index contributed by atoms with van der Waals surface area (Å²) in [7, 11) is 0. The highest BCUT2D eigenvalue weighted by Crippen LogP contribution is 2.26. The van der Waals surface area contributed by atoms with Gasteiger partial charge in [-0.2, -0.15) is 0 Å². The molecular formula is C10H12N2O. The van der Waals surface area contributed by atoms with E-state index in [9.17, 15) is 4.79 Å². The Kier molecular flexibility index (Phi) is 2.02. The Morgan fingerprint density at radius 2 is 2.38 bits per heavy atom. The molecule has 0 unspecified atom stereocenters. The first kappa shape index (κ1) is 8.26. The highest BCUT2D eigenvalue weighted by Gasteiger charge is 2.16. The van der Waals surface area contributed by atoms with Crippen LogP contribution in [0.3, 0.4) is 0 Å². The monoisotopic (exact) mass is 176 g/mol. The zero-order chi connectivity index (χ0) is 9.26. The Bertz CT molecular complexity index is 347. The number of rotatable bonds is 2. The summed E-state index contributed by atoms with van der Waals surface area (Å²) in [6.07, 6.45) is 1.00. The van der Waals surface area contributed by atoms with Crippen LogP contribution >= 0.6 is 0 Å². The summed E-state index contributed by atoms with van der Waals surface area (Å²) in [6, 6.07) is 5.78. The third-order valence-electron chi connectivity index (χ3n) is 2.33. The van der Waals surface area contributed by atoms with Crippen LogP contribution in [0.1, 0.15) is 15.9 Å². The number of para-hydroxylation sites is 1. The fourth-order valence-electron chi connectivity index (χ4n) is 1.68. The van der Waals surface area contributed by atoms with Gasteiger partial charge in [0, 0.05) is 17.8 Å². The summed E-state index contributed by atoms with van der Waals surface area (Å²) in [5.41, 5.74) is 8.26. The van der Waals surface area contributed by atoms with Crippen LogP contribution in [-0.4, -0.2) is 18.9 Å². The zero-order valence-electron chi connectivity index (χ0n) is 7.34. The van der Waals surface area contributed by atoms with Crippen LogP contribution in [0.2, 0.25) is 0 Å². The number of fused-ring (bicyclic) bond motifs is 1. The highest BCUT2D eigenvalue weighted by molar-refractivity contribution is 6.03. The molecule has 0 saturated carbocycles. The minimum absolute atomic E-state index is 0.00579. The molecule has 3 nitrogen and oxygen atoms in total. The Hall–Kier alpha value is -1.35. The second-order valence-electron chi connectivity index (χ2n) is 3.14. The number of hydrogen-bond donors (Lipinski definition) is 2. The lowest BCUT2D eigenvalue weighted by atomic mass is 10.0. The van der Waals surface area contributed by atoms with Gasteiger partial charge in [-0.1, -0.05) is 12.1 Å². The number of Topliss-reactive ketones (excluding diaryl/α,β-unsaturated/α-hetero) is 1. The number of carbonyl (C=O) groups excluding carboxylic acids is 1. The average molecular weight is 176 g/mol. The lowest BCUT2D eigenvalue weighted by molar-refractivity contribution is 0.100. The van der Waals surface area contributed by atoms with Gasteiger partial charge >= 0.3 is 0 Å². The van der Waals surface area contributed by atoms with Gasteiger partial charge in [-0.15, -0.1) is 0 Å². The van der Waals surface area contributed by atoms with E-state index in [1.54, 1.807) is 0 Å². The van der Waals surface area contributed by atoms with Crippen molar-refractivity contribution in [3.05, 3.63) is 29.3 Å². The first-order valence-electron chi connectivity index (χ1n) is 4.42. The summed E-state index contributed by atoms with van der Waals surface area (Å²) >= 11 is 0. The number of benzene rings is 1. The van der Waals surface area contributed by atoms with Gasteiger partial charge in [0.1, 0.15) is 0 Å².